The maximum Gasteiger partial charge on any atom is 0.0589 e. The van der Waals surface area contributed by atoms with Crippen molar-refractivity contribution in [1.82, 2.24) is 9.80 Å². The number of piperazine rings is 1. The largest absolute Gasteiger partial charge is 0.383 e. The van der Waals surface area contributed by atoms with Crippen molar-refractivity contribution in [3.63, 3.8) is 0 Å². The maximum absolute atomic E-state index is 5.23. The van der Waals surface area contributed by atoms with Gasteiger partial charge in [0.2, 0.25) is 0 Å². The second kappa shape index (κ2) is 5.48. The fourth-order valence-corrected chi connectivity index (χ4v) is 3.20. The first-order valence-corrected chi connectivity index (χ1v) is 6.69. The van der Waals surface area contributed by atoms with Gasteiger partial charge in [0, 0.05) is 38.8 Å². The molecule has 0 amide bonds. The van der Waals surface area contributed by atoms with E-state index < -0.39 is 0 Å². The summed E-state index contributed by atoms with van der Waals surface area (Å²) in [5, 5.41) is 0. The molecule has 0 aromatic heterocycles. The summed E-state index contributed by atoms with van der Waals surface area (Å²) in [6.07, 6.45) is 2.79. The molecule has 2 rings (SSSR count). The predicted octanol–water partition coefficient (Wildman–Crippen LogP) is 1.44. The molecule has 0 aromatic carbocycles. The molecule has 0 aliphatic carbocycles. The van der Waals surface area contributed by atoms with E-state index in [9.17, 15) is 0 Å². The summed E-state index contributed by atoms with van der Waals surface area (Å²) in [6, 6.07) is 1.55. The van der Waals surface area contributed by atoms with Gasteiger partial charge in [-0.2, -0.15) is 0 Å². The van der Waals surface area contributed by atoms with Crippen molar-refractivity contribution in [1.29, 1.82) is 0 Å². The summed E-state index contributed by atoms with van der Waals surface area (Å²) in [6.45, 7) is 10.5. The Morgan fingerprint density at radius 2 is 2.12 bits per heavy atom. The second-order valence-corrected chi connectivity index (χ2v) is 5.59. The summed E-state index contributed by atoms with van der Waals surface area (Å²) in [4.78, 5) is 5.36. The molecule has 16 heavy (non-hydrogen) atoms. The fraction of sp³-hybridized carbons (Fsp3) is 1.00. The van der Waals surface area contributed by atoms with Crippen molar-refractivity contribution < 1.29 is 4.74 Å². The van der Waals surface area contributed by atoms with Crippen LogP contribution in [0.3, 0.4) is 0 Å². The Morgan fingerprint density at radius 3 is 2.81 bits per heavy atom. The van der Waals surface area contributed by atoms with Gasteiger partial charge in [-0.25, -0.2) is 0 Å². The monoisotopic (exact) mass is 226 g/mol. The predicted molar refractivity (Wildman–Crippen MR) is 66.7 cm³/mol. The zero-order chi connectivity index (χ0) is 11.5. The summed E-state index contributed by atoms with van der Waals surface area (Å²) in [5.74, 6) is 0.749. The Hall–Kier alpha value is -0.120. The molecule has 3 heteroatoms. The van der Waals surface area contributed by atoms with E-state index >= 15 is 0 Å². The Balaban J connectivity index is 1.96. The van der Waals surface area contributed by atoms with Crippen LogP contribution in [0.1, 0.15) is 26.7 Å². The summed E-state index contributed by atoms with van der Waals surface area (Å²) in [7, 11) is 1.80. The lowest BCUT2D eigenvalue weighted by atomic mass is 9.97. The van der Waals surface area contributed by atoms with Crippen LogP contribution < -0.4 is 0 Å². The fourth-order valence-electron chi connectivity index (χ4n) is 3.20. The average Bonchev–Trinajstić information content (AvgIpc) is 2.71. The summed E-state index contributed by atoms with van der Waals surface area (Å²) >= 11 is 0. The third-order valence-electron chi connectivity index (χ3n) is 4.19. The van der Waals surface area contributed by atoms with Crippen LogP contribution in [0, 0.1) is 5.92 Å². The number of hydrogen-bond donors (Lipinski definition) is 0. The van der Waals surface area contributed by atoms with Crippen LogP contribution in [-0.4, -0.2) is 61.8 Å². The van der Waals surface area contributed by atoms with E-state index in [1.54, 1.807) is 7.11 Å². The van der Waals surface area contributed by atoms with E-state index in [1.165, 1.54) is 32.5 Å². The molecule has 2 atom stereocenters. The zero-order valence-electron chi connectivity index (χ0n) is 11.0. The van der Waals surface area contributed by atoms with Gasteiger partial charge in [0.1, 0.15) is 0 Å². The molecule has 2 aliphatic rings. The number of nitrogens with zero attached hydrogens (tertiary/aromatic N) is 2. The molecule has 0 saturated carbocycles. The Kier molecular flexibility index (Phi) is 4.22. The van der Waals surface area contributed by atoms with Gasteiger partial charge in [-0.05, 0) is 25.3 Å². The molecule has 0 aromatic rings. The van der Waals surface area contributed by atoms with Crippen LogP contribution in [-0.2, 0) is 4.74 Å². The van der Waals surface area contributed by atoms with Gasteiger partial charge in [-0.3, -0.25) is 9.80 Å². The zero-order valence-corrected chi connectivity index (χ0v) is 11.0. The molecule has 0 bridgehead atoms. The highest BCUT2D eigenvalue weighted by Gasteiger charge is 2.36. The van der Waals surface area contributed by atoms with Crippen LogP contribution in [0.2, 0.25) is 0 Å². The molecular weight excluding hydrogens is 200 g/mol. The highest BCUT2D eigenvalue weighted by molar-refractivity contribution is 4.93. The number of ether oxygens (including phenoxy) is 1. The Bertz CT molecular complexity index is 220. The summed E-state index contributed by atoms with van der Waals surface area (Å²) in [5.41, 5.74) is 0. The molecule has 94 valence electrons. The van der Waals surface area contributed by atoms with E-state index in [2.05, 4.69) is 23.6 Å². The van der Waals surface area contributed by atoms with Crippen LogP contribution in [0.15, 0.2) is 0 Å². The van der Waals surface area contributed by atoms with Crippen LogP contribution >= 0.6 is 0 Å². The van der Waals surface area contributed by atoms with Crippen molar-refractivity contribution in [2.24, 2.45) is 5.92 Å². The molecule has 3 nitrogen and oxygen atoms in total. The topological polar surface area (TPSA) is 15.7 Å². The normalized spacial score (nSPS) is 32.2. The molecule has 2 aliphatic heterocycles. The van der Waals surface area contributed by atoms with Gasteiger partial charge in [-0.15, -0.1) is 0 Å². The molecule has 2 fully saturated rings. The number of fused-ring (bicyclic) bond motifs is 1. The van der Waals surface area contributed by atoms with E-state index in [0.717, 1.165) is 31.2 Å². The molecular formula is C13H26N2O. The van der Waals surface area contributed by atoms with E-state index in [1.807, 2.05) is 0 Å². The van der Waals surface area contributed by atoms with Crippen molar-refractivity contribution in [2.45, 2.75) is 38.8 Å². The molecule has 2 saturated heterocycles. The third kappa shape index (κ3) is 2.58. The SMILES string of the molecule is COCCN1CC2CCCN2CC1C(C)C. The molecule has 0 N–H and O–H groups in total. The Labute approximate surface area is 99.7 Å². The average molecular weight is 226 g/mol. The lowest BCUT2D eigenvalue weighted by Gasteiger charge is -2.45. The standard InChI is InChI=1S/C13H26N2O/c1-11(2)13-10-14-6-4-5-12(14)9-15(13)7-8-16-3/h11-13H,4-10H2,1-3H3. The third-order valence-corrected chi connectivity index (χ3v) is 4.19. The van der Waals surface area contributed by atoms with E-state index in [-0.39, 0.29) is 0 Å². The lowest BCUT2D eigenvalue weighted by molar-refractivity contribution is 0.0141. The van der Waals surface area contributed by atoms with Crippen LogP contribution in [0.4, 0.5) is 0 Å². The first kappa shape index (κ1) is 12.3. The Morgan fingerprint density at radius 1 is 1.31 bits per heavy atom. The van der Waals surface area contributed by atoms with Crippen molar-refractivity contribution in [2.75, 3.05) is 39.9 Å². The van der Waals surface area contributed by atoms with Gasteiger partial charge in [0.25, 0.3) is 0 Å². The van der Waals surface area contributed by atoms with Crippen LogP contribution in [0.5, 0.6) is 0 Å². The first-order valence-electron chi connectivity index (χ1n) is 6.69. The minimum absolute atomic E-state index is 0.726. The number of methoxy groups -OCH3 is 1. The quantitative estimate of drug-likeness (QED) is 0.721. The van der Waals surface area contributed by atoms with Crippen molar-refractivity contribution >= 4 is 0 Å². The van der Waals surface area contributed by atoms with Crippen molar-refractivity contribution in [3.05, 3.63) is 0 Å². The minimum atomic E-state index is 0.726. The lowest BCUT2D eigenvalue weighted by Crippen LogP contribution is -2.58. The van der Waals surface area contributed by atoms with Crippen LogP contribution in [0.25, 0.3) is 0 Å². The number of rotatable bonds is 4. The minimum Gasteiger partial charge on any atom is -0.383 e. The molecule has 0 radical (unpaired) electrons. The summed E-state index contributed by atoms with van der Waals surface area (Å²) < 4.78 is 5.23. The van der Waals surface area contributed by atoms with Crippen molar-refractivity contribution in [3.8, 4) is 0 Å². The van der Waals surface area contributed by atoms with E-state index in [0.29, 0.717) is 0 Å². The molecule has 0 spiro atoms. The first-order chi connectivity index (χ1) is 7.72. The maximum atomic E-state index is 5.23. The van der Waals surface area contributed by atoms with Gasteiger partial charge < -0.3 is 4.74 Å². The molecule has 2 unspecified atom stereocenters. The highest BCUT2D eigenvalue weighted by atomic mass is 16.5. The number of hydrogen-bond acceptors (Lipinski definition) is 3. The second-order valence-electron chi connectivity index (χ2n) is 5.59. The smallest absolute Gasteiger partial charge is 0.0589 e. The molecule has 2 heterocycles. The van der Waals surface area contributed by atoms with Gasteiger partial charge >= 0.3 is 0 Å². The van der Waals surface area contributed by atoms with Gasteiger partial charge in [-0.1, -0.05) is 13.8 Å². The highest BCUT2D eigenvalue weighted by Crippen LogP contribution is 2.27. The van der Waals surface area contributed by atoms with E-state index in [4.69, 9.17) is 4.74 Å². The van der Waals surface area contributed by atoms with Gasteiger partial charge in [0.15, 0.2) is 0 Å². The van der Waals surface area contributed by atoms with Gasteiger partial charge in [0.05, 0.1) is 6.61 Å².